The lowest BCUT2D eigenvalue weighted by Crippen LogP contribution is -1.97. The lowest BCUT2D eigenvalue weighted by atomic mass is 10.1. The molecule has 0 unspecified atom stereocenters. The van der Waals surface area contributed by atoms with E-state index in [0.29, 0.717) is 0 Å². The molecule has 0 fully saturated rings. The largest absolute Gasteiger partial charge is 0.307 e. The Labute approximate surface area is 197 Å². The molecule has 8 aromatic rings. The maximum atomic E-state index is 4.82. The highest BCUT2D eigenvalue weighted by molar-refractivity contribution is 7.25. The normalized spacial score (nSPS) is 12.1. The molecule has 0 N–H and O–H groups in total. The molecular weight excluding hydrogens is 436 g/mol. The van der Waals surface area contributed by atoms with Crippen LogP contribution in [0.25, 0.3) is 69.6 Å². The van der Waals surface area contributed by atoms with Crippen molar-refractivity contribution in [3.8, 4) is 5.69 Å². The second-order valence-corrected chi connectivity index (χ2v) is 9.62. The molecule has 158 valence electrons. The highest BCUT2D eigenvalue weighted by Gasteiger charge is 2.19. The first-order valence-corrected chi connectivity index (χ1v) is 12.0. The number of benzene rings is 3. The highest BCUT2D eigenvalue weighted by Crippen LogP contribution is 2.41. The monoisotopic (exact) mass is 452 g/mol. The molecular formula is C29H16N4S. The van der Waals surface area contributed by atoms with Gasteiger partial charge in [0.05, 0.1) is 33.3 Å². The molecule has 34 heavy (non-hydrogen) atoms. The predicted molar refractivity (Wildman–Crippen MR) is 142 cm³/mol. The van der Waals surface area contributed by atoms with Crippen LogP contribution in [-0.4, -0.2) is 19.5 Å². The maximum absolute atomic E-state index is 4.82. The summed E-state index contributed by atoms with van der Waals surface area (Å²) >= 11 is 1.84. The van der Waals surface area contributed by atoms with Gasteiger partial charge < -0.3 is 4.57 Å². The van der Waals surface area contributed by atoms with Gasteiger partial charge in [-0.25, -0.2) is 0 Å². The summed E-state index contributed by atoms with van der Waals surface area (Å²) in [4.78, 5) is 14.2. The molecule has 0 saturated heterocycles. The SMILES string of the molecule is c1cnc2c(c1)cc(-n1c3cc4sc5ccccc5c4cc3c3ncccc31)c1cccnc12. The summed E-state index contributed by atoms with van der Waals surface area (Å²) in [6, 6.07) is 27.9. The molecule has 5 heteroatoms. The molecule has 5 heterocycles. The van der Waals surface area contributed by atoms with E-state index in [-0.39, 0.29) is 0 Å². The lowest BCUT2D eigenvalue weighted by Gasteiger charge is -2.13. The number of hydrogen-bond acceptors (Lipinski definition) is 4. The highest BCUT2D eigenvalue weighted by atomic mass is 32.1. The van der Waals surface area contributed by atoms with Gasteiger partial charge in [-0.1, -0.05) is 24.3 Å². The van der Waals surface area contributed by atoms with Crippen LogP contribution in [-0.2, 0) is 0 Å². The van der Waals surface area contributed by atoms with Crippen LogP contribution in [0.3, 0.4) is 0 Å². The minimum absolute atomic E-state index is 0.914. The molecule has 0 spiro atoms. The molecule has 5 aromatic heterocycles. The van der Waals surface area contributed by atoms with Crippen molar-refractivity contribution in [1.82, 2.24) is 19.5 Å². The van der Waals surface area contributed by atoms with Crippen LogP contribution in [0, 0.1) is 0 Å². The van der Waals surface area contributed by atoms with E-state index in [1.54, 1.807) is 0 Å². The number of fused-ring (bicyclic) bond motifs is 9. The van der Waals surface area contributed by atoms with E-state index in [1.807, 2.05) is 48.1 Å². The zero-order valence-corrected chi connectivity index (χ0v) is 18.8. The molecule has 8 rings (SSSR count). The van der Waals surface area contributed by atoms with Crippen molar-refractivity contribution in [2.24, 2.45) is 0 Å². The fraction of sp³-hybridized carbons (Fsp3) is 0. The third kappa shape index (κ3) is 2.34. The second-order valence-electron chi connectivity index (χ2n) is 8.54. The summed E-state index contributed by atoms with van der Waals surface area (Å²) < 4.78 is 4.93. The Bertz CT molecular complexity index is 2080. The van der Waals surface area contributed by atoms with Gasteiger partial charge in [-0.05, 0) is 54.6 Å². The average molecular weight is 453 g/mol. The van der Waals surface area contributed by atoms with Gasteiger partial charge >= 0.3 is 0 Å². The standard InChI is InChI=1S/C29H16N4S/c1-2-10-25-18(7-1)20-15-21-24(16-26(20)34-25)33(22-9-5-13-31-28(21)22)23-14-17-6-3-11-30-27(17)29-19(23)8-4-12-32-29/h1-16H. The minimum Gasteiger partial charge on any atom is -0.307 e. The van der Waals surface area contributed by atoms with Crippen molar-refractivity contribution in [1.29, 1.82) is 0 Å². The minimum atomic E-state index is 0.914. The Kier molecular flexibility index (Phi) is 3.51. The number of pyridine rings is 3. The second kappa shape index (κ2) is 6.59. The molecule has 0 aliphatic heterocycles. The molecule has 0 radical (unpaired) electrons. The zero-order chi connectivity index (χ0) is 22.2. The van der Waals surface area contributed by atoms with Gasteiger partial charge in [-0.15, -0.1) is 11.3 Å². The molecule has 0 amide bonds. The zero-order valence-electron chi connectivity index (χ0n) is 17.9. The van der Waals surface area contributed by atoms with Crippen molar-refractivity contribution in [2.75, 3.05) is 0 Å². The van der Waals surface area contributed by atoms with Gasteiger partial charge in [0.15, 0.2) is 0 Å². The van der Waals surface area contributed by atoms with Crippen LogP contribution < -0.4 is 0 Å². The Morgan fingerprint density at radius 2 is 1.29 bits per heavy atom. The van der Waals surface area contributed by atoms with Crippen LogP contribution in [0.4, 0.5) is 0 Å². The summed E-state index contributed by atoms with van der Waals surface area (Å²) in [5.41, 5.74) is 6.19. The molecule has 0 saturated carbocycles. The first-order chi connectivity index (χ1) is 16.9. The van der Waals surface area contributed by atoms with E-state index in [0.717, 1.165) is 49.4 Å². The topological polar surface area (TPSA) is 43.6 Å². The van der Waals surface area contributed by atoms with Gasteiger partial charge in [-0.2, -0.15) is 0 Å². The van der Waals surface area contributed by atoms with Gasteiger partial charge in [0.25, 0.3) is 0 Å². The summed E-state index contributed by atoms with van der Waals surface area (Å²) in [6.07, 6.45) is 5.55. The summed E-state index contributed by atoms with van der Waals surface area (Å²) in [7, 11) is 0. The lowest BCUT2D eigenvalue weighted by molar-refractivity contribution is 1.19. The van der Waals surface area contributed by atoms with E-state index >= 15 is 0 Å². The Morgan fingerprint density at radius 3 is 2.24 bits per heavy atom. The van der Waals surface area contributed by atoms with E-state index in [4.69, 9.17) is 9.97 Å². The van der Waals surface area contributed by atoms with E-state index in [9.17, 15) is 0 Å². The van der Waals surface area contributed by atoms with E-state index in [2.05, 4.69) is 70.2 Å². The summed E-state index contributed by atoms with van der Waals surface area (Å²) in [6.45, 7) is 0. The van der Waals surface area contributed by atoms with Gasteiger partial charge in [-0.3, -0.25) is 15.0 Å². The smallest absolute Gasteiger partial charge is 0.0985 e. The van der Waals surface area contributed by atoms with Crippen LogP contribution in [0.15, 0.2) is 97.5 Å². The average Bonchev–Trinajstić information content (AvgIpc) is 3.42. The molecule has 0 aliphatic carbocycles. The number of rotatable bonds is 1. The fourth-order valence-corrected chi connectivity index (χ4v) is 6.37. The van der Waals surface area contributed by atoms with Crippen LogP contribution >= 0.6 is 11.3 Å². The van der Waals surface area contributed by atoms with Gasteiger partial charge in [0, 0.05) is 54.9 Å². The Morgan fingerprint density at radius 1 is 0.529 bits per heavy atom. The Hall–Kier alpha value is -4.35. The molecule has 4 nitrogen and oxygen atoms in total. The first-order valence-electron chi connectivity index (χ1n) is 11.2. The van der Waals surface area contributed by atoms with Crippen molar-refractivity contribution < 1.29 is 0 Å². The van der Waals surface area contributed by atoms with Crippen molar-refractivity contribution >= 4 is 75.3 Å². The van der Waals surface area contributed by atoms with Crippen LogP contribution in [0.5, 0.6) is 0 Å². The number of nitrogens with zero attached hydrogens (tertiary/aromatic N) is 4. The quantitative estimate of drug-likeness (QED) is 0.240. The van der Waals surface area contributed by atoms with Crippen molar-refractivity contribution in [3.63, 3.8) is 0 Å². The summed E-state index contributed by atoms with van der Waals surface area (Å²) in [5, 5.41) is 5.90. The maximum Gasteiger partial charge on any atom is 0.0985 e. The third-order valence-electron chi connectivity index (χ3n) is 6.70. The molecule has 3 aromatic carbocycles. The van der Waals surface area contributed by atoms with Gasteiger partial charge in [0.1, 0.15) is 0 Å². The first kappa shape index (κ1) is 18.1. The third-order valence-corrected chi connectivity index (χ3v) is 7.83. The molecule has 0 aliphatic rings. The van der Waals surface area contributed by atoms with Crippen LogP contribution in [0.1, 0.15) is 0 Å². The van der Waals surface area contributed by atoms with Crippen molar-refractivity contribution in [2.45, 2.75) is 0 Å². The van der Waals surface area contributed by atoms with E-state index in [1.165, 1.54) is 20.2 Å². The molecule has 0 bridgehead atoms. The summed E-state index contributed by atoms with van der Waals surface area (Å²) in [5.74, 6) is 0. The van der Waals surface area contributed by atoms with Gasteiger partial charge in [0.2, 0.25) is 0 Å². The molecule has 0 atom stereocenters. The van der Waals surface area contributed by atoms with Crippen molar-refractivity contribution in [3.05, 3.63) is 97.5 Å². The number of aromatic nitrogens is 4. The number of thiophene rings is 1. The fourth-order valence-electron chi connectivity index (χ4n) is 5.25. The Balaban J connectivity index is 1.60. The van der Waals surface area contributed by atoms with Crippen LogP contribution in [0.2, 0.25) is 0 Å². The number of hydrogen-bond donors (Lipinski definition) is 0. The predicted octanol–water partition coefficient (Wildman–Crippen LogP) is 7.64. The van der Waals surface area contributed by atoms with E-state index < -0.39 is 0 Å².